The van der Waals surface area contributed by atoms with E-state index in [-0.39, 0.29) is 31.1 Å². The molecule has 1 atom stereocenters. The van der Waals surface area contributed by atoms with E-state index in [0.29, 0.717) is 19.3 Å². The predicted octanol–water partition coefficient (Wildman–Crippen LogP) is 19.3. The fourth-order valence-corrected chi connectivity index (χ4v) is 8.85. The molecule has 0 N–H and O–H groups in total. The molecule has 0 fully saturated rings. The van der Waals surface area contributed by atoms with Crippen LogP contribution in [-0.4, -0.2) is 37.2 Å². The quantitative estimate of drug-likeness (QED) is 0.0262. The Kier molecular flexibility index (Phi) is 53.2. The van der Waals surface area contributed by atoms with Crippen LogP contribution < -0.4 is 0 Å². The van der Waals surface area contributed by atoms with Crippen LogP contribution in [0.1, 0.15) is 329 Å². The van der Waals surface area contributed by atoms with Crippen molar-refractivity contribution in [3.63, 3.8) is 0 Å². The second kappa shape index (κ2) is 54.8. The van der Waals surface area contributed by atoms with Crippen LogP contribution in [-0.2, 0) is 28.6 Å². The van der Waals surface area contributed by atoms with E-state index in [1.807, 2.05) is 0 Å². The van der Waals surface area contributed by atoms with Gasteiger partial charge in [-0.25, -0.2) is 0 Å². The predicted molar refractivity (Wildman–Crippen MR) is 280 cm³/mol. The van der Waals surface area contributed by atoms with E-state index in [4.69, 9.17) is 14.2 Å². The molecule has 0 aliphatic heterocycles. The summed E-state index contributed by atoms with van der Waals surface area (Å²) in [6.07, 6.45) is 62.0. The van der Waals surface area contributed by atoms with Crippen LogP contribution in [0.2, 0.25) is 0 Å². The summed E-state index contributed by atoms with van der Waals surface area (Å²) in [5, 5.41) is 0. The first-order valence-corrected chi connectivity index (χ1v) is 29.2. The number of unbranched alkanes of at least 4 members (excludes halogenated alkanes) is 41. The van der Waals surface area contributed by atoms with Crippen LogP contribution in [0.4, 0.5) is 0 Å². The standard InChI is InChI=1S/C59H112O6/c1-4-7-10-13-16-19-22-25-27-29-30-32-34-37-40-43-46-49-52-58(61)64-55-56(54-63-57(60)51-48-45-42-39-36-33-24-21-18-15-12-9-6-3)65-59(62)53-50-47-44-41-38-35-31-28-26-23-20-17-14-11-8-5-2/h30,32,56H,4-29,31,33-55H2,1-3H3/b32-30-. The van der Waals surface area contributed by atoms with Gasteiger partial charge in [0.05, 0.1) is 0 Å². The van der Waals surface area contributed by atoms with Crippen molar-refractivity contribution in [1.29, 1.82) is 0 Å². The Labute approximate surface area is 405 Å². The van der Waals surface area contributed by atoms with Crippen molar-refractivity contribution in [3.05, 3.63) is 12.2 Å². The third-order valence-corrected chi connectivity index (χ3v) is 13.3. The zero-order chi connectivity index (χ0) is 47.2. The molecule has 0 heterocycles. The maximum Gasteiger partial charge on any atom is 0.306 e. The van der Waals surface area contributed by atoms with Crippen LogP contribution >= 0.6 is 0 Å². The van der Waals surface area contributed by atoms with Gasteiger partial charge in [0.1, 0.15) is 13.2 Å². The van der Waals surface area contributed by atoms with Gasteiger partial charge in [-0.2, -0.15) is 0 Å². The lowest BCUT2D eigenvalue weighted by Gasteiger charge is -2.18. The van der Waals surface area contributed by atoms with Gasteiger partial charge in [0.2, 0.25) is 0 Å². The lowest BCUT2D eigenvalue weighted by atomic mass is 10.0. The molecule has 0 bridgehead atoms. The van der Waals surface area contributed by atoms with E-state index in [0.717, 1.165) is 64.2 Å². The number of carbonyl (C=O) groups is 3. The van der Waals surface area contributed by atoms with Gasteiger partial charge in [-0.05, 0) is 44.9 Å². The molecule has 0 aromatic heterocycles. The van der Waals surface area contributed by atoms with Gasteiger partial charge in [-0.1, -0.05) is 277 Å². The number of rotatable bonds is 54. The SMILES string of the molecule is CCCCCCCCCCC/C=C\CCCCCCCC(=O)OCC(COC(=O)CCCCCCCCCCCCCCC)OC(=O)CCCCCCCCCCCCCCCCCC. The van der Waals surface area contributed by atoms with Crippen LogP contribution in [0.5, 0.6) is 0 Å². The van der Waals surface area contributed by atoms with E-state index in [1.54, 1.807) is 0 Å². The van der Waals surface area contributed by atoms with Crippen molar-refractivity contribution in [2.24, 2.45) is 0 Å². The van der Waals surface area contributed by atoms with E-state index in [9.17, 15) is 14.4 Å². The average molecular weight is 918 g/mol. The van der Waals surface area contributed by atoms with Gasteiger partial charge in [0, 0.05) is 19.3 Å². The van der Waals surface area contributed by atoms with Crippen molar-refractivity contribution in [1.82, 2.24) is 0 Å². The third kappa shape index (κ3) is 53.0. The summed E-state index contributed by atoms with van der Waals surface area (Å²) in [7, 11) is 0. The molecule has 0 saturated carbocycles. The van der Waals surface area contributed by atoms with Crippen molar-refractivity contribution >= 4 is 17.9 Å². The van der Waals surface area contributed by atoms with Crippen molar-refractivity contribution < 1.29 is 28.6 Å². The van der Waals surface area contributed by atoms with Crippen molar-refractivity contribution in [2.45, 2.75) is 335 Å². The lowest BCUT2D eigenvalue weighted by molar-refractivity contribution is -0.167. The van der Waals surface area contributed by atoms with Crippen LogP contribution in [0.25, 0.3) is 0 Å². The molecular weight excluding hydrogens is 805 g/mol. The van der Waals surface area contributed by atoms with E-state index < -0.39 is 6.10 Å². The minimum atomic E-state index is -0.767. The van der Waals surface area contributed by atoms with E-state index in [2.05, 4.69) is 32.9 Å². The second-order valence-electron chi connectivity index (χ2n) is 19.9. The molecule has 0 saturated heterocycles. The summed E-state index contributed by atoms with van der Waals surface area (Å²) in [5.74, 6) is -0.851. The summed E-state index contributed by atoms with van der Waals surface area (Å²) in [5.41, 5.74) is 0. The fraction of sp³-hybridized carbons (Fsp3) is 0.915. The highest BCUT2D eigenvalue weighted by atomic mass is 16.6. The zero-order valence-electron chi connectivity index (χ0n) is 44.0. The summed E-state index contributed by atoms with van der Waals surface area (Å²) in [6.45, 7) is 6.69. The monoisotopic (exact) mass is 917 g/mol. The number of hydrogen-bond donors (Lipinski definition) is 0. The van der Waals surface area contributed by atoms with Gasteiger partial charge in [-0.15, -0.1) is 0 Å². The topological polar surface area (TPSA) is 78.9 Å². The molecule has 6 heteroatoms. The molecule has 0 rings (SSSR count). The first kappa shape index (κ1) is 63.1. The lowest BCUT2D eigenvalue weighted by Crippen LogP contribution is -2.30. The van der Waals surface area contributed by atoms with Crippen LogP contribution in [0, 0.1) is 0 Å². The molecule has 65 heavy (non-hydrogen) atoms. The molecule has 0 aromatic carbocycles. The van der Waals surface area contributed by atoms with Crippen LogP contribution in [0.15, 0.2) is 12.2 Å². The summed E-state index contributed by atoms with van der Waals surface area (Å²) < 4.78 is 16.9. The zero-order valence-corrected chi connectivity index (χ0v) is 44.0. The summed E-state index contributed by atoms with van der Waals surface area (Å²) in [6, 6.07) is 0. The molecular formula is C59H112O6. The fourth-order valence-electron chi connectivity index (χ4n) is 8.85. The molecule has 0 amide bonds. The molecule has 1 unspecified atom stereocenters. The molecule has 0 radical (unpaired) electrons. The number of carbonyl (C=O) groups excluding carboxylic acids is 3. The third-order valence-electron chi connectivity index (χ3n) is 13.3. The number of hydrogen-bond acceptors (Lipinski definition) is 6. The Balaban J connectivity index is 4.31. The Morgan fingerprint density at radius 2 is 0.508 bits per heavy atom. The normalized spacial score (nSPS) is 12.0. The molecule has 0 aliphatic carbocycles. The summed E-state index contributed by atoms with van der Waals surface area (Å²) in [4.78, 5) is 38.1. The number of esters is 3. The number of ether oxygens (including phenoxy) is 3. The molecule has 0 spiro atoms. The maximum atomic E-state index is 12.8. The minimum absolute atomic E-state index is 0.0666. The molecule has 0 aliphatic rings. The van der Waals surface area contributed by atoms with Gasteiger partial charge >= 0.3 is 17.9 Å². The second-order valence-corrected chi connectivity index (χ2v) is 19.9. The Morgan fingerprint density at radius 1 is 0.292 bits per heavy atom. The highest BCUT2D eigenvalue weighted by molar-refractivity contribution is 5.71. The highest BCUT2D eigenvalue weighted by Crippen LogP contribution is 2.17. The van der Waals surface area contributed by atoms with Gasteiger partial charge in [-0.3, -0.25) is 14.4 Å². The molecule has 384 valence electrons. The number of allylic oxidation sites excluding steroid dienone is 2. The first-order valence-electron chi connectivity index (χ1n) is 29.2. The maximum absolute atomic E-state index is 12.8. The molecule has 0 aromatic rings. The van der Waals surface area contributed by atoms with Crippen molar-refractivity contribution in [2.75, 3.05) is 13.2 Å². The Bertz CT molecular complexity index is 1010. The average Bonchev–Trinajstić information content (AvgIpc) is 3.30. The Hall–Kier alpha value is -1.85. The Morgan fingerprint density at radius 3 is 0.769 bits per heavy atom. The van der Waals surface area contributed by atoms with Crippen LogP contribution in [0.3, 0.4) is 0 Å². The minimum Gasteiger partial charge on any atom is -0.462 e. The molecule has 6 nitrogen and oxygen atoms in total. The highest BCUT2D eigenvalue weighted by Gasteiger charge is 2.19. The van der Waals surface area contributed by atoms with E-state index >= 15 is 0 Å². The summed E-state index contributed by atoms with van der Waals surface area (Å²) >= 11 is 0. The first-order chi connectivity index (χ1) is 32.0. The van der Waals surface area contributed by atoms with Gasteiger partial charge in [0.15, 0.2) is 6.10 Å². The van der Waals surface area contributed by atoms with Gasteiger partial charge < -0.3 is 14.2 Å². The van der Waals surface area contributed by atoms with Gasteiger partial charge in [0.25, 0.3) is 0 Å². The largest absolute Gasteiger partial charge is 0.462 e. The smallest absolute Gasteiger partial charge is 0.306 e. The van der Waals surface area contributed by atoms with E-state index in [1.165, 1.54) is 225 Å². The van der Waals surface area contributed by atoms with Crippen molar-refractivity contribution in [3.8, 4) is 0 Å².